The van der Waals surface area contributed by atoms with Gasteiger partial charge in [0.25, 0.3) is 5.91 Å². The van der Waals surface area contributed by atoms with E-state index >= 15 is 0 Å². The largest absolute Gasteiger partial charge is 0.327 e. The quantitative estimate of drug-likeness (QED) is 0.773. The number of carbonyl (C=O) groups is 1. The number of thiazole rings is 1. The molecule has 0 unspecified atom stereocenters. The molecule has 0 spiro atoms. The Bertz CT molecular complexity index is 845. The number of pyridine rings is 1. The number of hydrogen-bond donors (Lipinski definition) is 1. The van der Waals surface area contributed by atoms with Gasteiger partial charge in [-0.15, -0.1) is 11.3 Å². The van der Waals surface area contributed by atoms with Gasteiger partial charge in [-0.1, -0.05) is 0 Å². The average molecular weight is 345 g/mol. The van der Waals surface area contributed by atoms with E-state index in [0.717, 1.165) is 34.1 Å². The monoisotopic (exact) mass is 345 g/mol. The Labute approximate surface area is 141 Å². The van der Waals surface area contributed by atoms with Gasteiger partial charge in [-0.05, 0) is 13.0 Å². The van der Waals surface area contributed by atoms with Crippen LogP contribution in [0.15, 0.2) is 23.8 Å². The predicted octanol–water partition coefficient (Wildman–Crippen LogP) is 2.65. The summed E-state index contributed by atoms with van der Waals surface area (Å²) in [5.74, 6) is 1.86. The summed E-state index contributed by atoms with van der Waals surface area (Å²) in [6.07, 6.45) is 3.41. The first-order valence-electron chi connectivity index (χ1n) is 7.33. The van der Waals surface area contributed by atoms with Crippen molar-refractivity contribution >= 4 is 40.0 Å². The summed E-state index contributed by atoms with van der Waals surface area (Å²) < 4.78 is 0. The third kappa shape index (κ3) is 2.61. The molecule has 0 bridgehead atoms. The van der Waals surface area contributed by atoms with Gasteiger partial charge < -0.3 is 4.90 Å². The zero-order valence-corrected chi connectivity index (χ0v) is 14.2. The minimum Gasteiger partial charge on any atom is -0.327 e. The zero-order chi connectivity index (χ0) is 15.8. The van der Waals surface area contributed by atoms with E-state index in [1.165, 1.54) is 0 Å². The Morgan fingerprint density at radius 1 is 1.43 bits per heavy atom. The Hall–Kier alpha value is -1.93. The molecule has 1 amide bonds. The van der Waals surface area contributed by atoms with Gasteiger partial charge in [0, 0.05) is 46.9 Å². The first-order chi connectivity index (χ1) is 11.2. The second-order valence-electron chi connectivity index (χ2n) is 5.40. The summed E-state index contributed by atoms with van der Waals surface area (Å²) in [7, 11) is 0. The van der Waals surface area contributed by atoms with Crippen LogP contribution >= 0.6 is 23.1 Å². The van der Waals surface area contributed by atoms with Gasteiger partial charge in [0.15, 0.2) is 5.65 Å². The molecule has 4 rings (SSSR count). The van der Waals surface area contributed by atoms with Crippen molar-refractivity contribution in [2.45, 2.75) is 13.0 Å². The molecule has 1 N–H and O–H groups in total. The van der Waals surface area contributed by atoms with Crippen LogP contribution in [0.5, 0.6) is 0 Å². The second-order valence-corrected chi connectivity index (χ2v) is 7.48. The van der Waals surface area contributed by atoms with E-state index in [2.05, 4.69) is 20.2 Å². The summed E-state index contributed by atoms with van der Waals surface area (Å²) >= 11 is 3.47. The second kappa shape index (κ2) is 5.93. The Morgan fingerprint density at radius 3 is 3.17 bits per heavy atom. The average Bonchev–Trinajstić information content (AvgIpc) is 3.24. The number of aromatic amines is 1. The van der Waals surface area contributed by atoms with Gasteiger partial charge in [0.2, 0.25) is 0 Å². The zero-order valence-electron chi connectivity index (χ0n) is 12.5. The third-order valence-electron chi connectivity index (χ3n) is 3.97. The maximum absolute atomic E-state index is 13.0. The molecule has 1 saturated heterocycles. The van der Waals surface area contributed by atoms with E-state index in [9.17, 15) is 4.79 Å². The van der Waals surface area contributed by atoms with Gasteiger partial charge in [-0.3, -0.25) is 9.89 Å². The van der Waals surface area contributed by atoms with Gasteiger partial charge >= 0.3 is 0 Å². The number of aromatic nitrogens is 4. The molecule has 0 aliphatic carbocycles. The number of aryl methyl sites for hydroxylation is 1. The van der Waals surface area contributed by atoms with Crippen molar-refractivity contribution in [3.63, 3.8) is 0 Å². The van der Waals surface area contributed by atoms with Gasteiger partial charge in [0.05, 0.1) is 11.6 Å². The van der Waals surface area contributed by atoms with E-state index in [-0.39, 0.29) is 11.9 Å². The van der Waals surface area contributed by atoms with E-state index < -0.39 is 0 Å². The molecule has 3 aromatic heterocycles. The lowest BCUT2D eigenvalue weighted by Crippen LogP contribution is -2.40. The molecule has 0 saturated carbocycles. The smallest absolute Gasteiger partial charge is 0.256 e. The third-order valence-corrected chi connectivity index (χ3v) is 5.87. The van der Waals surface area contributed by atoms with E-state index in [1.807, 2.05) is 35.0 Å². The molecule has 1 aliphatic rings. The molecule has 1 fully saturated rings. The molecule has 1 atom stereocenters. The Balaban J connectivity index is 1.69. The minimum absolute atomic E-state index is 0.0144. The maximum atomic E-state index is 13.0. The molecule has 4 heterocycles. The molecule has 118 valence electrons. The molecule has 1 aliphatic heterocycles. The molecule has 23 heavy (non-hydrogen) atoms. The number of hydrogen-bond acceptors (Lipinski definition) is 6. The molecule has 6 nitrogen and oxygen atoms in total. The first-order valence-corrected chi connectivity index (χ1v) is 9.36. The fourth-order valence-corrected chi connectivity index (χ4v) is 4.66. The topological polar surface area (TPSA) is 74.8 Å². The SMILES string of the molecule is Cc1[nH]nc2ncc(C(=O)N3CCSC[C@H]3c3nccs3)cc12. The molecular weight excluding hydrogens is 330 g/mol. The molecule has 8 heteroatoms. The first kappa shape index (κ1) is 14.6. The van der Waals surface area contributed by atoms with Gasteiger partial charge in [0.1, 0.15) is 5.01 Å². The predicted molar refractivity (Wildman–Crippen MR) is 91.8 cm³/mol. The van der Waals surface area contributed by atoms with E-state index in [4.69, 9.17) is 0 Å². The Morgan fingerprint density at radius 2 is 2.35 bits per heavy atom. The van der Waals surface area contributed by atoms with Crippen molar-refractivity contribution < 1.29 is 4.79 Å². The number of thioether (sulfide) groups is 1. The number of carbonyl (C=O) groups excluding carboxylic acids is 1. The van der Waals surface area contributed by atoms with Crippen molar-refractivity contribution in [2.24, 2.45) is 0 Å². The fraction of sp³-hybridized carbons (Fsp3) is 0.333. The van der Waals surface area contributed by atoms with E-state index in [0.29, 0.717) is 11.2 Å². The lowest BCUT2D eigenvalue weighted by Gasteiger charge is -2.34. The van der Waals surface area contributed by atoms with Crippen LogP contribution in [0.3, 0.4) is 0 Å². The molecular formula is C15H15N5OS2. The van der Waals surface area contributed by atoms with Crippen LogP contribution in [0, 0.1) is 6.92 Å². The lowest BCUT2D eigenvalue weighted by atomic mass is 10.1. The summed E-state index contributed by atoms with van der Waals surface area (Å²) in [6, 6.07) is 1.92. The van der Waals surface area contributed by atoms with E-state index in [1.54, 1.807) is 23.7 Å². The number of nitrogens with zero attached hydrogens (tertiary/aromatic N) is 4. The highest BCUT2D eigenvalue weighted by atomic mass is 32.2. The fourth-order valence-electron chi connectivity index (χ4n) is 2.75. The maximum Gasteiger partial charge on any atom is 0.256 e. The summed E-state index contributed by atoms with van der Waals surface area (Å²) in [5.41, 5.74) is 2.17. The molecule has 0 aromatic carbocycles. The highest BCUT2D eigenvalue weighted by Gasteiger charge is 2.31. The summed E-state index contributed by atoms with van der Waals surface area (Å²) in [5, 5.41) is 10.9. The Kier molecular flexibility index (Phi) is 3.78. The van der Waals surface area contributed by atoms with Crippen molar-refractivity contribution in [1.29, 1.82) is 0 Å². The van der Waals surface area contributed by atoms with Crippen LogP contribution in [0.1, 0.15) is 27.1 Å². The lowest BCUT2D eigenvalue weighted by molar-refractivity contribution is 0.0701. The summed E-state index contributed by atoms with van der Waals surface area (Å²) in [6.45, 7) is 2.66. The van der Waals surface area contributed by atoms with Crippen LogP contribution in [-0.4, -0.2) is 49.0 Å². The van der Waals surface area contributed by atoms with Crippen molar-refractivity contribution in [3.8, 4) is 0 Å². The number of rotatable bonds is 2. The van der Waals surface area contributed by atoms with Crippen molar-refractivity contribution in [1.82, 2.24) is 25.1 Å². The highest BCUT2D eigenvalue weighted by molar-refractivity contribution is 7.99. The highest BCUT2D eigenvalue weighted by Crippen LogP contribution is 2.32. The van der Waals surface area contributed by atoms with Crippen LogP contribution in [0.25, 0.3) is 11.0 Å². The van der Waals surface area contributed by atoms with Gasteiger partial charge in [-0.25, -0.2) is 9.97 Å². The number of nitrogens with one attached hydrogen (secondary N) is 1. The van der Waals surface area contributed by atoms with Crippen LogP contribution in [0.2, 0.25) is 0 Å². The van der Waals surface area contributed by atoms with Crippen molar-refractivity contribution in [2.75, 3.05) is 18.1 Å². The van der Waals surface area contributed by atoms with Crippen LogP contribution in [-0.2, 0) is 0 Å². The molecule has 3 aromatic rings. The number of H-pyrrole nitrogens is 1. The summed E-state index contributed by atoms with van der Waals surface area (Å²) in [4.78, 5) is 23.6. The van der Waals surface area contributed by atoms with Gasteiger partial charge in [-0.2, -0.15) is 16.9 Å². The minimum atomic E-state index is 0.0144. The van der Waals surface area contributed by atoms with Crippen LogP contribution in [0.4, 0.5) is 0 Å². The normalized spacial score (nSPS) is 18.5. The number of fused-ring (bicyclic) bond motifs is 1. The van der Waals surface area contributed by atoms with Crippen molar-refractivity contribution in [3.05, 3.63) is 40.1 Å². The van der Waals surface area contributed by atoms with Crippen LogP contribution < -0.4 is 0 Å². The standard InChI is InChI=1S/C15H15N5OS2/c1-9-11-6-10(7-17-13(11)19-18-9)15(21)20-3-5-22-8-12(20)14-16-2-4-23-14/h2,4,6-7,12H,3,5,8H2,1H3,(H,17,18,19)/t12-/m0/s1. The number of amides is 1. The molecule has 0 radical (unpaired) electrons.